The van der Waals surface area contributed by atoms with Crippen molar-refractivity contribution in [3.8, 4) is 0 Å². The van der Waals surface area contributed by atoms with E-state index in [1.54, 1.807) is 18.3 Å². The number of nitrogens with two attached hydrogens (primary N) is 1. The fraction of sp³-hybridized carbons (Fsp3) is 0.0769. The van der Waals surface area contributed by atoms with Gasteiger partial charge in [-0.3, -0.25) is 5.41 Å². The van der Waals surface area contributed by atoms with E-state index >= 15 is 0 Å². The average Bonchev–Trinajstić information content (AvgIpc) is 2.39. The van der Waals surface area contributed by atoms with Crippen LogP contribution < -0.4 is 10.6 Å². The number of hydrogen-bond donors (Lipinski definition) is 2. The third-order valence-electron chi connectivity index (χ3n) is 2.54. The quantitative estimate of drug-likeness (QED) is 0.622. The van der Waals surface area contributed by atoms with Gasteiger partial charge in [-0.1, -0.05) is 18.2 Å². The molecule has 0 fully saturated rings. The summed E-state index contributed by atoms with van der Waals surface area (Å²) < 4.78 is 0. The molecule has 1 aromatic heterocycles. The molecule has 17 heavy (non-hydrogen) atoms. The number of pyridine rings is 1. The smallest absolute Gasteiger partial charge is 0.143 e. The van der Waals surface area contributed by atoms with Gasteiger partial charge in [0, 0.05) is 18.9 Å². The Kier molecular flexibility index (Phi) is 3.05. The summed E-state index contributed by atoms with van der Waals surface area (Å²) in [7, 11) is 1.91. The van der Waals surface area contributed by atoms with Crippen LogP contribution >= 0.6 is 0 Å². The largest absolute Gasteiger partial charge is 0.384 e. The third kappa shape index (κ3) is 2.25. The summed E-state index contributed by atoms with van der Waals surface area (Å²) in [4.78, 5) is 6.19. The van der Waals surface area contributed by atoms with Crippen LogP contribution in [0.4, 0.5) is 11.5 Å². The Morgan fingerprint density at radius 1 is 1.18 bits per heavy atom. The number of nitrogens with one attached hydrogen (secondary N) is 1. The molecule has 0 bridgehead atoms. The molecule has 0 aliphatic rings. The molecule has 0 aliphatic heterocycles. The Morgan fingerprint density at radius 3 is 2.53 bits per heavy atom. The standard InChI is InChI=1S/C13H14N4/c1-17(10-6-3-2-4-7-10)13-11(12(14)15)8-5-9-16-13/h2-9H,1H3,(H3,14,15). The lowest BCUT2D eigenvalue weighted by molar-refractivity contribution is 1.12. The van der Waals surface area contributed by atoms with Gasteiger partial charge in [-0.05, 0) is 24.3 Å². The van der Waals surface area contributed by atoms with Crippen LogP contribution in [0.2, 0.25) is 0 Å². The van der Waals surface area contributed by atoms with Gasteiger partial charge in [-0.2, -0.15) is 0 Å². The van der Waals surface area contributed by atoms with Gasteiger partial charge in [0.15, 0.2) is 0 Å². The topological polar surface area (TPSA) is 66.0 Å². The minimum absolute atomic E-state index is 0.0240. The summed E-state index contributed by atoms with van der Waals surface area (Å²) >= 11 is 0. The van der Waals surface area contributed by atoms with E-state index in [1.807, 2.05) is 42.3 Å². The number of nitrogens with zero attached hydrogens (tertiary/aromatic N) is 2. The minimum atomic E-state index is 0.0240. The SMILES string of the molecule is CN(c1ccccc1)c1ncccc1C(=N)N. The van der Waals surface area contributed by atoms with E-state index in [0.29, 0.717) is 11.4 Å². The monoisotopic (exact) mass is 226 g/mol. The van der Waals surface area contributed by atoms with Crippen LogP contribution in [0.5, 0.6) is 0 Å². The molecule has 0 unspecified atom stereocenters. The normalized spacial score (nSPS) is 9.94. The summed E-state index contributed by atoms with van der Waals surface area (Å²) in [5, 5.41) is 7.54. The van der Waals surface area contributed by atoms with Gasteiger partial charge in [0.2, 0.25) is 0 Å². The predicted octanol–water partition coefficient (Wildman–Crippen LogP) is 2.13. The lowest BCUT2D eigenvalue weighted by Crippen LogP contribution is -2.19. The van der Waals surface area contributed by atoms with Crippen molar-refractivity contribution in [2.75, 3.05) is 11.9 Å². The second kappa shape index (κ2) is 4.65. The van der Waals surface area contributed by atoms with E-state index in [-0.39, 0.29) is 5.84 Å². The fourth-order valence-electron chi connectivity index (χ4n) is 1.65. The maximum atomic E-state index is 7.54. The van der Waals surface area contributed by atoms with Crippen LogP contribution in [-0.4, -0.2) is 17.9 Å². The molecule has 2 aromatic rings. The zero-order valence-electron chi connectivity index (χ0n) is 9.59. The highest BCUT2D eigenvalue weighted by Crippen LogP contribution is 2.23. The van der Waals surface area contributed by atoms with Crippen LogP contribution in [0.25, 0.3) is 0 Å². The maximum absolute atomic E-state index is 7.54. The molecule has 1 heterocycles. The van der Waals surface area contributed by atoms with Crippen molar-refractivity contribution >= 4 is 17.3 Å². The van der Waals surface area contributed by atoms with Crippen molar-refractivity contribution in [3.63, 3.8) is 0 Å². The van der Waals surface area contributed by atoms with Gasteiger partial charge in [-0.25, -0.2) is 4.98 Å². The second-order valence-corrected chi connectivity index (χ2v) is 3.68. The van der Waals surface area contributed by atoms with Gasteiger partial charge in [0.05, 0.1) is 5.56 Å². The van der Waals surface area contributed by atoms with E-state index in [2.05, 4.69) is 4.98 Å². The number of anilines is 2. The molecule has 4 nitrogen and oxygen atoms in total. The van der Waals surface area contributed by atoms with Crippen LogP contribution in [0, 0.1) is 5.41 Å². The summed E-state index contributed by atoms with van der Waals surface area (Å²) in [5.41, 5.74) is 7.19. The number of rotatable bonds is 3. The number of benzene rings is 1. The molecule has 0 amide bonds. The molecule has 0 aliphatic carbocycles. The van der Waals surface area contributed by atoms with Crippen LogP contribution in [0.3, 0.4) is 0 Å². The summed E-state index contributed by atoms with van der Waals surface area (Å²) in [6.07, 6.45) is 1.70. The first-order valence-corrected chi connectivity index (χ1v) is 5.28. The number of amidine groups is 1. The first-order chi connectivity index (χ1) is 8.20. The number of para-hydroxylation sites is 1. The number of aromatic nitrogens is 1. The molecule has 0 radical (unpaired) electrons. The van der Waals surface area contributed by atoms with Crippen LogP contribution in [-0.2, 0) is 0 Å². The van der Waals surface area contributed by atoms with Crippen LogP contribution in [0.15, 0.2) is 48.7 Å². The minimum Gasteiger partial charge on any atom is -0.384 e. The Balaban J connectivity index is 2.44. The van der Waals surface area contributed by atoms with E-state index in [4.69, 9.17) is 11.1 Å². The van der Waals surface area contributed by atoms with Gasteiger partial charge < -0.3 is 10.6 Å². The van der Waals surface area contributed by atoms with Crippen molar-refractivity contribution in [3.05, 3.63) is 54.2 Å². The molecule has 1 aromatic carbocycles. The zero-order valence-corrected chi connectivity index (χ0v) is 9.59. The highest BCUT2D eigenvalue weighted by molar-refractivity contribution is 6.00. The van der Waals surface area contributed by atoms with Crippen molar-refractivity contribution in [2.45, 2.75) is 0 Å². The van der Waals surface area contributed by atoms with Gasteiger partial charge >= 0.3 is 0 Å². The number of nitrogen functional groups attached to an aromatic ring is 1. The maximum Gasteiger partial charge on any atom is 0.143 e. The molecule has 86 valence electrons. The predicted molar refractivity (Wildman–Crippen MR) is 69.8 cm³/mol. The van der Waals surface area contributed by atoms with E-state index in [1.165, 1.54) is 0 Å². The molecular formula is C13H14N4. The Labute approximate surface area is 100 Å². The van der Waals surface area contributed by atoms with Crippen LogP contribution in [0.1, 0.15) is 5.56 Å². The van der Waals surface area contributed by atoms with Crippen molar-refractivity contribution in [1.29, 1.82) is 5.41 Å². The first kappa shape index (κ1) is 11.1. The molecular weight excluding hydrogens is 212 g/mol. The first-order valence-electron chi connectivity index (χ1n) is 5.28. The molecule has 2 rings (SSSR count). The average molecular weight is 226 g/mol. The molecule has 4 heteroatoms. The second-order valence-electron chi connectivity index (χ2n) is 3.68. The van der Waals surface area contributed by atoms with Crippen molar-refractivity contribution < 1.29 is 0 Å². The summed E-state index contributed by atoms with van der Waals surface area (Å²) in [6, 6.07) is 13.4. The molecule has 0 spiro atoms. The molecule has 0 atom stereocenters. The molecule has 3 N–H and O–H groups in total. The Morgan fingerprint density at radius 2 is 1.88 bits per heavy atom. The van der Waals surface area contributed by atoms with Crippen molar-refractivity contribution in [1.82, 2.24) is 4.98 Å². The molecule has 0 saturated carbocycles. The zero-order chi connectivity index (χ0) is 12.3. The summed E-state index contributed by atoms with van der Waals surface area (Å²) in [5.74, 6) is 0.710. The Hall–Kier alpha value is -2.36. The summed E-state index contributed by atoms with van der Waals surface area (Å²) in [6.45, 7) is 0. The third-order valence-corrected chi connectivity index (χ3v) is 2.54. The molecule has 0 saturated heterocycles. The van der Waals surface area contributed by atoms with Gasteiger partial charge in [0.1, 0.15) is 11.7 Å². The Bertz CT molecular complexity index is 522. The van der Waals surface area contributed by atoms with Gasteiger partial charge in [0.25, 0.3) is 0 Å². The fourth-order valence-corrected chi connectivity index (χ4v) is 1.65. The highest BCUT2D eigenvalue weighted by atomic mass is 15.2. The van der Waals surface area contributed by atoms with Gasteiger partial charge in [-0.15, -0.1) is 0 Å². The highest BCUT2D eigenvalue weighted by Gasteiger charge is 2.11. The number of hydrogen-bond acceptors (Lipinski definition) is 3. The van der Waals surface area contributed by atoms with E-state index in [0.717, 1.165) is 5.69 Å². The lowest BCUT2D eigenvalue weighted by Gasteiger charge is -2.20. The van der Waals surface area contributed by atoms with E-state index < -0.39 is 0 Å². The van der Waals surface area contributed by atoms with Crippen molar-refractivity contribution in [2.24, 2.45) is 5.73 Å². The van der Waals surface area contributed by atoms with E-state index in [9.17, 15) is 0 Å². The lowest BCUT2D eigenvalue weighted by atomic mass is 10.2.